The molecule has 11 heteroatoms. The lowest BCUT2D eigenvalue weighted by Gasteiger charge is -2.26. The summed E-state index contributed by atoms with van der Waals surface area (Å²) in [5.74, 6) is 0.162. The quantitative estimate of drug-likeness (QED) is 0.146. The summed E-state index contributed by atoms with van der Waals surface area (Å²) in [6, 6.07) is 18.5. The first kappa shape index (κ1) is 32.3. The van der Waals surface area contributed by atoms with Crippen LogP contribution in [-0.4, -0.2) is 28.8 Å². The Morgan fingerprint density at radius 1 is 1.09 bits per heavy atom. The van der Waals surface area contributed by atoms with E-state index in [1.165, 1.54) is 11.3 Å². The van der Waals surface area contributed by atoms with E-state index in [-0.39, 0.29) is 12.2 Å². The van der Waals surface area contributed by atoms with Gasteiger partial charge in [-0.05, 0) is 76.8 Å². The van der Waals surface area contributed by atoms with Gasteiger partial charge in [0.1, 0.15) is 5.75 Å². The zero-order valence-electron chi connectivity index (χ0n) is 25.4. The van der Waals surface area contributed by atoms with E-state index in [1.807, 2.05) is 67.7 Å². The molecule has 0 spiro atoms. The number of para-hydroxylation sites is 1. The lowest BCUT2D eigenvalue weighted by Crippen LogP contribution is -2.40. The van der Waals surface area contributed by atoms with Crippen molar-refractivity contribution in [2.24, 2.45) is 4.99 Å². The third-order valence-electron chi connectivity index (χ3n) is 7.83. The van der Waals surface area contributed by atoms with Crippen LogP contribution in [0.3, 0.4) is 0 Å². The lowest BCUT2D eigenvalue weighted by molar-refractivity contribution is -0.139. The summed E-state index contributed by atoms with van der Waals surface area (Å²) in [7, 11) is 1.59. The maximum absolute atomic E-state index is 14.3. The molecule has 0 bridgehead atoms. The van der Waals surface area contributed by atoms with Crippen molar-refractivity contribution in [2.45, 2.75) is 39.3 Å². The number of esters is 1. The van der Waals surface area contributed by atoms with Crippen LogP contribution < -0.4 is 19.6 Å². The minimum atomic E-state index is -0.725. The van der Waals surface area contributed by atoms with E-state index in [2.05, 4.69) is 26.6 Å². The molecule has 5 aromatic rings. The van der Waals surface area contributed by atoms with Gasteiger partial charge in [-0.3, -0.25) is 9.36 Å². The van der Waals surface area contributed by atoms with Crippen molar-refractivity contribution < 1.29 is 14.3 Å². The average Bonchev–Trinajstić information content (AvgIpc) is 3.54. The zero-order valence-corrected chi connectivity index (χ0v) is 29.3. The molecule has 0 saturated heterocycles. The summed E-state index contributed by atoms with van der Waals surface area (Å²) in [5.41, 5.74) is 4.42. The molecule has 236 valence electrons. The van der Waals surface area contributed by atoms with Gasteiger partial charge in [0.15, 0.2) is 4.80 Å². The third kappa shape index (κ3) is 6.09. The number of carbonyl (C=O) groups excluding carboxylic acids is 1. The Bertz CT molecular complexity index is 2200. The van der Waals surface area contributed by atoms with E-state index in [0.717, 1.165) is 34.0 Å². The fourth-order valence-electron chi connectivity index (χ4n) is 5.79. The molecular formula is C35H30BrCl2N3O4S. The number of halogens is 3. The Morgan fingerprint density at radius 3 is 2.61 bits per heavy atom. The number of hydrogen-bond donors (Lipinski definition) is 0. The smallest absolute Gasteiger partial charge is 0.338 e. The molecule has 1 aliphatic rings. The van der Waals surface area contributed by atoms with Gasteiger partial charge in [0.25, 0.3) is 5.56 Å². The fraction of sp³-hybridized carbons (Fsp3) is 0.229. The first-order valence-corrected chi connectivity index (χ1v) is 17.2. The largest absolute Gasteiger partial charge is 0.496 e. The average molecular weight is 740 g/mol. The number of benzene rings is 3. The maximum Gasteiger partial charge on any atom is 0.338 e. The molecule has 1 unspecified atom stereocenters. The van der Waals surface area contributed by atoms with Gasteiger partial charge in [-0.1, -0.05) is 78.2 Å². The van der Waals surface area contributed by atoms with Gasteiger partial charge < -0.3 is 14.0 Å². The Hall–Kier alpha value is -3.63. The molecule has 0 saturated carbocycles. The fourth-order valence-corrected chi connectivity index (χ4v) is 7.68. The first-order chi connectivity index (χ1) is 22.2. The van der Waals surface area contributed by atoms with Crippen molar-refractivity contribution in [1.82, 2.24) is 9.13 Å². The van der Waals surface area contributed by atoms with E-state index in [1.54, 1.807) is 24.7 Å². The first-order valence-electron chi connectivity index (χ1n) is 14.8. The lowest BCUT2D eigenvalue weighted by atomic mass is 9.94. The predicted octanol–water partition coefficient (Wildman–Crippen LogP) is 7.66. The molecule has 2 aromatic heterocycles. The van der Waals surface area contributed by atoms with Crippen LogP contribution in [0.5, 0.6) is 5.75 Å². The molecule has 0 amide bonds. The number of thiazole rings is 1. The van der Waals surface area contributed by atoms with E-state index in [4.69, 9.17) is 37.7 Å². The number of hydrogen-bond acceptors (Lipinski definition) is 6. The molecule has 0 N–H and O–H groups in total. The van der Waals surface area contributed by atoms with Crippen molar-refractivity contribution in [3.63, 3.8) is 0 Å². The summed E-state index contributed by atoms with van der Waals surface area (Å²) in [5, 5.41) is 2.01. The van der Waals surface area contributed by atoms with Crippen molar-refractivity contribution in [3.8, 4) is 5.75 Å². The van der Waals surface area contributed by atoms with Crippen LogP contribution >= 0.6 is 50.5 Å². The molecule has 0 radical (unpaired) electrons. The molecule has 7 nitrogen and oxygen atoms in total. The Labute approximate surface area is 288 Å². The normalized spacial score (nSPS) is 14.8. The van der Waals surface area contributed by atoms with Crippen LogP contribution in [0.1, 0.15) is 49.4 Å². The monoisotopic (exact) mass is 737 g/mol. The predicted molar refractivity (Wildman–Crippen MR) is 188 cm³/mol. The highest BCUT2D eigenvalue weighted by atomic mass is 79.9. The minimum absolute atomic E-state index is 0.206. The number of nitrogens with zero attached hydrogens (tertiary/aromatic N) is 3. The topological polar surface area (TPSA) is 74.8 Å². The number of fused-ring (bicyclic) bond motifs is 2. The van der Waals surface area contributed by atoms with Crippen LogP contribution in [0.2, 0.25) is 10.0 Å². The van der Waals surface area contributed by atoms with Crippen LogP contribution in [0.25, 0.3) is 17.0 Å². The van der Waals surface area contributed by atoms with Gasteiger partial charge >= 0.3 is 5.97 Å². The Morgan fingerprint density at radius 2 is 1.89 bits per heavy atom. The number of allylic oxidation sites excluding steroid dienone is 1. The summed E-state index contributed by atoms with van der Waals surface area (Å²) < 4.78 is 15.9. The van der Waals surface area contributed by atoms with Crippen LogP contribution in [-0.2, 0) is 16.1 Å². The second kappa shape index (κ2) is 13.6. The number of aromatic nitrogens is 2. The highest BCUT2D eigenvalue weighted by Gasteiger charge is 2.34. The molecule has 6 rings (SSSR count). The van der Waals surface area contributed by atoms with E-state index >= 15 is 0 Å². The number of ether oxygens (including phenoxy) is 2. The number of methoxy groups -OCH3 is 1. The molecule has 0 aliphatic carbocycles. The van der Waals surface area contributed by atoms with Crippen molar-refractivity contribution in [1.29, 1.82) is 0 Å². The molecule has 1 atom stereocenters. The van der Waals surface area contributed by atoms with Crippen LogP contribution in [0.15, 0.2) is 92.4 Å². The highest BCUT2D eigenvalue weighted by molar-refractivity contribution is 9.10. The van der Waals surface area contributed by atoms with Gasteiger partial charge in [-0.15, -0.1) is 0 Å². The zero-order chi connectivity index (χ0) is 32.5. The second-order valence-corrected chi connectivity index (χ2v) is 13.5. The van der Waals surface area contributed by atoms with Crippen molar-refractivity contribution >= 4 is 73.4 Å². The highest BCUT2D eigenvalue weighted by Crippen LogP contribution is 2.36. The molecule has 3 heterocycles. The maximum atomic E-state index is 14.3. The number of rotatable bonds is 9. The van der Waals surface area contributed by atoms with Gasteiger partial charge in [0, 0.05) is 29.2 Å². The van der Waals surface area contributed by atoms with Gasteiger partial charge in [-0.2, -0.15) is 0 Å². The molecule has 46 heavy (non-hydrogen) atoms. The van der Waals surface area contributed by atoms with Crippen LogP contribution in [0.4, 0.5) is 0 Å². The second-order valence-electron chi connectivity index (χ2n) is 10.8. The molecule has 0 fully saturated rings. The van der Waals surface area contributed by atoms with Crippen molar-refractivity contribution in [2.75, 3.05) is 13.7 Å². The summed E-state index contributed by atoms with van der Waals surface area (Å²) in [6.45, 7) is 4.58. The summed E-state index contributed by atoms with van der Waals surface area (Å²) in [4.78, 5) is 33.3. The Kier molecular flexibility index (Phi) is 9.57. The standard InChI is InChI=1S/C35H30BrCl2N3O4S/c1-4-8-27-31(34(43)45-5-2)32(21-12-14-29(44-3)24(36)16-21)41-33(42)30(46-35(41)39-27)17-22-19-40(28-10-7-6-9-23(22)28)18-20-11-13-25(37)26(38)15-20/h6-7,9-17,19,32H,4-5,8,18H2,1-3H3/b30-17+. The van der Waals surface area contributed by atoms with Crippen molar-refractivity contribution in [3.05, 3.63) is 129 Å². The Balaban J connectivity index is 1.54. The summed E-state index contributed by atoms with van der Waals surface area (Å²) in [6.07, 6.45) is 5.28. The van der Waals surface area contributed by atoms with Crippen LogP contribution in [0, 0.1) is 0 Å². The van der Waals surface area contributed by atoms with Gasteiger partial charge in [0.05, 0.1) is 50.1 Å². The SMILES string of the molecule is CCCC1=C(C(=O)OCC)C(c2ccc(OC)c(Br)c2)n2c(s/c(=C/c3cn(Cc4ccc(Cl)c(Cl)c4)c4ccccc34)c2=O)=N1. The number of carbonyl (C=O) groups is 1. The molecule has 1 aliphatic heterocycles. The van der Waals surface area contributed by atoms with E-state index in [0.29, 0.717) is 53.8 Å². The minimum Gasteiger partial charge on any atom is -0.496 e. The molecular weight excluding hydrogens is 709 g/mol. The third-order valence-corrected chi connectivity index (χ3v) is 10.2. The van der Waals surface area contributed by atoms with E-state index in [9.17, 15) is 9.59 Å². The molecule has 3 aromatic carbocycles. The summed E-state index contributed by atoms with van der Waals surface area (Å²) >= 11 is 17.4. The van der Waals surface area contributed by atoms with E-state index < -0.39 is 12.0 Å². The van der Waals surface area contributed by atoms with Gasteiger partial charge in [0.2, 0.25) is 0 Å². The van der Waals surface area contributed by atoms with Gasteiger partial charge in [-0.25, -0.2) is 9.79 Å².